The van der Waals surface area contributed by atoms with Crippen molar-refractivity contribution in [2.45, 2.75) is 29.5 Å². The highest BCUT2D eigenvalue weighted by atomic mass is 35.5. The molecule has 1 heterocycles. The lowest BCUT2D eigenvalue weighted by Gasteiger charge is -2.40. The molecule has 0 bridgehead atoms. The van der Waals surface area contributed by atoms with Gasteiger partial charge in [-0.15, -0.1) is 18.2 Å². The molecule has 1 aromatic heterocycles. The number of Topliss-reactive ketones (excluding diaryl/α,β-unsaturated/α-hetero) is 1. The summed E-state index contributed by atoms with van der Waals surface area (Å²) in [7, 11) is 2.58. The molecule has 1 aromatic rings. The van der Waals surface area contributed by atoms with Gasteiger partial charge in [-0.2, -0.15) is 0 Å². The number of aromatic nitrogens is 2. The van der Waals surface area contributed by atoms with E-state index in [0.717, 1.165) is 0 Å². The standard InChI is InChI=1S/C16H19Cl2N3O5/c1-4-5-15(18)13(22)11(17)12(16(15,25-2)26-3)21-10(14(23)24)6-9-7-19-8-20-9/h4,7-8,10,21H,1,5-6H2,2-3H3,(H,19,20)(H,23,24)/t10-,15?/m0/s1. The number of ketones is 1. The summed E-state index contributed by atoms with van der Waals surface area (Å²) in [5.74, 6) is -3.60. The van der Waals surface area contributed by atoms with Gasteiger partial charge in [0.25, 0.3) is 0 Å². The highest BCUT2D eigenvalue weighted by Gasteiger charge is 2.66. The first-order valence-electron chi connectivity index (χ1n) is 7.59. The van der Waals surface area contributed by atoms with Crippen molar-refractivity contribution in [3.63, 3.8) is 0 Å². The Balaban J connectivity index is 2.45. The minimum atomic E-state index is -1.79. The fourth-order valence-electron chi connectivity index (χ4n) is 2.97. The summed E-state index contributed by atoms with van der Waals surface area (Å²) in [6.45, 7) is 3.59. The number of nitrogens with one attached hydrogen (secondary N) is 2. The molecule has 0 amide bonds. The van der Waals surface area contributed by atoms with Gasteiger partial charge in [-0.1, -0.05) is 17.7 Å². The molecular formula is C16H19Cl2N3O5. The van der Waals surface area contributed by atoms with Crippen LogP contribution in [-0.4, -0.2) is 57.7 Å². The first-order chi connectivity index (χ1) is 12.3. The second-order valence-electron chi connectivity index (χ2n) is 5.65. The van der Waals surface area contributed by atoms with E-state index < -0.39 is 28.5 Å². The third kappa shape index (κ3) is 3.14. The van der Waals surface area contributed by atoms with Crippen molar-refractivity contribution in [1.29, 1.82) is 0 Å². The average Bonchev–Trinajstić information content (AvgIpc) is 3.17. The van der Waals surface area contributed by atoms with Gasteiger partial charge in [-0.05, 0) is 6.42 Å². The van der Waals surface area contributed by atoms with E-state index in [-0.39, 0.29) is 23.6 Å². The number of carboxylic acid groups (broad SMARTS) is 1. The van der Waals surface area contributed by atoms with Crippen LogP contribution in [0.3, 0.4) is 0 Å². The van der Waals surface area contributed by atoms with E-state index in [1.54, 1.807) is 0 Å². The zero-order valence-corrected chi connectivity index (χ0v) is 15.7. The molecule has 0 saturated carbocycles. The number of rotatable bonds is 9. The van der Waals surface area contributed by atoms with E-state index in [0.29, 0.717) is 5.69 Å². The number of hydrogen-bond acceptors (Lipinski definition) is 6. The van der Waals surface area contributed by atoms with Crippen LogP contribution in [0.25, 0.3) is 0 Å². The second-order valence-corrected chi connectivity index (χ2v) is 6.68. The smallest absolute Gasteiger partial charge is 0.326 e. The number of ether oxygens (including phenoxy) is 2. The predicted molar refractivity (Wildman–Crippen MR) is 94.9 cm³/mol. The van der Waals surface area contributed by atoms with Crippen molar-refractivity contribution in [3.8, 4) is 0 Å². The van der Waals surface area contributed by atoms with Crippen LogP contribution in [0.4, 0.5) is 0 Å². The van der Waals surface area contributed by atoms with Gasteiger partial charge >= 0.3 is 5.97 Å². The number of alkyl halides is 1. The zero-order chi connectivity index (χ0) is 19.5. The number of nitrogens with zero attached hydrogens (tertiary/aromatic N) is 1. The van der Waals surface area contributed by atoms with Gasteiger partial charge in [0.1, 0.15) is 11.1 Å². The Morgan fingerprint density at radius 3 is 2.65 bits per heavy atom. The molecule has 3 N–H and O–H groups in total. The van der Waals surface area contributed by atoms with E-state index in [2.05, 4.69) is 21.9 Å². The van der Waals surface area contributed by atoms with E-state index in [9.17, 15) is 14.7 Å². The SMILES string of the molecule is C=CCC1(Cl)C(=O)C(Cl)=C(N[C@@H](Cc2cnc[nH]2)C(=O)O)C1(OC)OC. The van der Waals surface area contributed by atoms with E-state index in [1.807, 2.05) is 0 Å². The molecule has 1 aliphatic rings. The topological polar surface area (TPSA) is 114 Å². The van der Waals surface area contributed by atoms with Gasteiger partial charge in [0.2, 0.25) is 11.6 Å². The molecule has 26 heavy (non-hydrogen) atoms. The Labute approximate surface area is 160 Å². The number of halogens is 2. The van der Waals surface area contributed by atoms with Crippen LogP contribution in [0, 0.1) is 0 Å². The lowest BCUT2D eigenvalue weighted by Crippen LogP contribution is -2.58. The monoisotopic (exact) mass is 403 g/mol. The third-order valence-electron chi connectivity index (χ3n) is 4.23. The van der Waals surface area contributed by atoms with Gasteiger partial charge in [-0.3, -0.25) is 4.79 Å². The quantitative estimate of drug-likeness (QED) is 0.325. The van der Waals surface area contributed by atoms with Crippen LogP contribution >= 0.6 is 23.2 Å². The highest BCUT2D eigenvalue weighted by molar-refractivity contribution is 6.53. The van der Waals surface area contributed by atoms with Crippen molar-refractivity contribution in [2.24, 2.45) is 0 Å². The largest absolute Gasteiger partial charge is 0.480 e. The highest BCUT2D eigenvalue weighted by Crippen LogP contribution is 2.50. The lowest BCUT2D eigenvalue weighted by molar-refractivity contribution is -0.199. The van der Waals surface area contributed by atoms with E-state index in [4.69, 9.17) is 32.7 Å². The van der Waals surface area contributed by atoms with Gasteiger partial charge in [0.15, 0.2) is 4.87 Å². The van der Waals surface area contributed by atoms with Crippen LogP contribution in [0.1, 0.15) is 12.1 Å². The summed E-state index contributed by atoms with van der Waals surface area (Å²) in [6, 6.07) is -1.14. The van der Waals surface area contributed by atoms with Gasteiger partial charge in [-0.25, -0.2) is 9.78 Å². The minimum absolute atomic E-state index is 0.00520. The Morgan fingerprint density at radius 2 is 2.19 bits per heavy atom. The van der Waals surface area contributed by atoms with Crippen molar-refractivity contribution in [2.75, 3.05) is 14.2 Å². The number of allylic oxidation sites excluding steroid dienone is 2. The maximum Gasteiger partial charge on any atom is 0.326 e. The normalized spacial score (nSPS) is 23.2. The molecule has 1 unspecified atom stereocenters. The predicted octanol–water partition coefficient (Wildman–Crippen LogP) is 1.57. The average molecular weight is 404 g/mol. The molecular weight excluding hydrogens is 385 g/mol. The zero-order valence-electron chi connectivity index (χ0n) is 14.2. The molecule has 10 heteroatoms. The Hall–Kier alpha value is -1.87. The van der Waals surface area contributed by atoms with Gasteiger partial charge < -0.3 is 24.9 Å². The summed E-state index contributed by atoms with van der Waals surface area (Å²) in [4.78, 5) is 29.4. The summed E-state index contributed by atoms with van der Waals surface area (Å²) in [6.07, 6.45) is 4.41. The number of aliphatic carboxylic acids is 1. The number of imidazole rings is 1. The maximum atomic E-state index is 12.7. The lowest BCUT2D eigenvalue weighted by atomic mass is 9.93. The summed E-state index contributed by atoms with van der Waals surface area (Å²) < 4.78 is 10.9. The van der Waals surface area contributed by atoms with Crippen molar-refractivity contribution in [3.05, 3.63) is 41.6 Å². The number of methoxy groups -OCH3 is 2. The molecule has 1 aliphatic carbocycles. The molecule has 142 valence electrons. The molecule has 0 spiro atoms. The molecule has 0 saturated heterocycles. The van der Waals surface area contributed by atoms with Crippen LogP contribution in [0.2, 0.25) is 0 Å². The number of carboxylic acids is 1. The number of H-pyrrole nitrogens is 1. The molecule has 8 nitrogen and oxygen atoms in total. The van der Waals surface area contributed by atoms with Crippen molar-refractivity contribution < 1.29 is 24.2 Å². The fraction of sp³-hybridized carbons (Fsp3) is 0.438. The van der Waals surface area contributed by atoms with Crippen molar-refractivity contribution >= 4 is 35.0 Å². The van der Waals surface area contributed by atoms with E-state index >= 15 is 0 Å². The molecule has 0 aromatic carbocycles. The summed E-state index contributed by atoms with van der Waals surface area (Å²) in [5, 5.41) is 12.0. The first-order valence-corrected chi connectivity index (χ1v) is 8.34. The Kier molecular flexibility index (Phi) is 6.13. The number of carbonyl (C=O) groups excluding carboxylic acids is 1. The van der Waals surface area contributed by atoms with Crippen molar-refractivity contribution in [1.82, 2.24) is 15.3 Å². The Morgan fingerprint density at radius 1 is 1.54 bits per heavy atom. The van der Waals surface area contributed by atoms with Gasteiger partial charge in [0.05, 0.1) is 12.0 Å². The van der Waals surface area contributed by atoms with Crippen LogP contribution < -0.4 is 5.32 Å². The molecule has 0 radical (unpaired) electrons. The number of hydrogen-bond donors (Lipinski definition) is 3. The first kappa shape index (κ1) is 20.4. The van der Waals surface area contributed by atoms with E-state index in [1.165, 1.54) is 32.8 Å². The summed E-state index contributed by atoms with van der Waals surface area (Å²) in [5.41, 5.74) is 0.535. The molecule has 2 rings (SSSR count). The minimum Gasteiger partial charge on any atom is -0.480 e. The van der Waals surface area contributed by atoms with Crippen LogP contribution in [0.15, 0.2) is 35.9 Å². The number of aromatic amines is 1. The van der Waals surface area contributed by atoms with Gasteiger partial charge in [0, 0.05) is 32.5 Å². The number of carbonyl (C=O) groups is 2. The maximum absolute atomic E-state index is 12.7. The molecule has 0 aliphatic heterocycles. The Bertz CT molecular complexity index is 730. The van der Waals surface area contributed by atoms with Crippen LogP contribution in [-0.2, 0) is 25.5 Å². The molecule has 0 fully saturated rings. The third-order valence-corrected chi connectivity index (χ3v) is 5.16. The summed E-state index contributed by atoms with van der Waals surface area (Å²) >= 11 is 12.7. The fourth-order valence-corrected chi connectivity index (χ4v) is 3.81. The second kappa shape index (κ2) is 7.79. The van der Waals surface area contributed by atoms with Crippen LogP contribution in [0.5, 0.6) is 0 Å². The molecule has 2 atom stereocenters.